The molecule has 26 heavy (non-hydrogen) atoms. The molecule has 0 radical (unpaired) electrons. The van der Waals surface area contributed by atoms with Crippen molar-refractivity contribution in [3.05, 3.63) is 67.7 Å². The summed E-state index contributed by atoms with van der Waals surface area (Å²) in [5, 5.41) is 23.4. The Morgan fingerprint density at radius 1 is 1.31 bits per heavy atom. The number of nitro groups is 1. The van der Waals surface area contributed by atoms with E-state index in [1.165, 1.54) is 37.5 Å². The van der Waals surface area contributed by atoms with E-state index in [0.29, 0.717) is 10.6 Å². The zero-order chi connectivity index (χ0) is 19.3. The van der Waals surface area contributed by atoms with Crippen molar-refractivity contribution >= 4 is 46.6 Å². The molecule has 0 spiro atoms. The number of anilines is 1. The van der Waals surface area contributed by atoms with Crippen molar-refractivity contribution in [2.75, 3.05) is 12.4 Å². The number of benzene rings is 2. The molecule has 0 aromatic heterocycles. The van der Waals surface area contributed by atoms with E-state index in [-0.39, 0.29) is 27.7 Å². The highest BCUT2D eigenvalue weighted by atomic mass is 35.5. The fourth-order valence-electron chi connectivity index (χ4n) is 2.01. The predicted molar refractivity (Wildman–Crippen MR) is 98.3 cm³/mol. The minimum Gasteiger partial charge on any atom is -0.496 e. The molecular formula is C17H11Cl2N3O4. The lowest BCUT2D eigenvalue weighted by Gasteiger charge is -2.07. The monoisotopic (exact) mass is 391 g/mol. The third-order valence-corrected chi connectivity index (χ3v) is 3.84. The zero-order valence-electron chi connectivity index (χ0n) is 13.3. The molecular weight excluding hydrogens is 381 g/mol. The van der Waals surface area contributed by atoms with Crippen molar-refractivity contribution in [2.24, 2.45) is 0 Å². The number of rotatable bonds is 5. The maximum atomic E-state index is 12.3. The number of nitrogens with zero attached hydrogens (tertiary/aromatic N) is 2. The van der Waals surface area contributed by atoms with Crippen LogP contribution >= 0.6 is 23.2 Å². The van der Waals surface area contributed by atoms with Gasteiger partial charge in [0.05, 0.1) is 18.1 Å². The van der Waals surface area contributed by atoms with Crippen LogP contribution in [0.15, 0.2) is 42.0 Å². The molecule has 0 aliphatic rings. The molecule has 0 bridgehead atoms. The van der Waals surface area contributed by atoms with Gasteiger partial charge in [-0.2, -0.15) is 5.26 Å². The third kappa shape index (κ3) is 4.51. The molecule has 1 amide bonds. The van der Waals surface area contributed by atoms with Crippen molar-refractivity contribution in [1.82, 2.24) is 0 Å². The lowest BCUT2D eigenvalue weighted by Crippen LogP contribution is -2.14. The van der Waals surface area contributed by atoms with Crippen molar-refractivity contribution < 1.29 is 14.5 Å². The van der Waals surface area contributed by atoms with Gasteiger partial charge in [-0.05, 0) is 35.9 Å². The molecule has 2 aromatic rings. The summed E-state index contributed by atoms with van der Waals surface area (Å²) >= 11 is 11.8. The molecule has 132 valence electrons. The first kappa shape index (κ1) is 19.2. The van der Waals surface area contributed by atoms with Crippen molar-refractivity contribution in [2.45, 2.75) is 0 Å². The van der Waals surface area contributed by atoms with Crippen molar-refractivity contribution in [3.8, 4) is 11.8 Å². The van der Waals surface area contributed by atoms with Crippen LogP contribution in [0.1, 0.15) is 5.56 Å². The molecule has 0 aliphatic heterocycles. The summed E-state index contributed by atoms with van der Waals surface area (Å²) < 4.78 is 4.93. The van der Waals surface area contributed by atoms with E-state index in [9.17, 15) is 20.2 Å². The first-order valence-electron chi connectivity index (χ1n) is 7.06. The van der Waals surface area contributed by atoms with E-state index in [2.05, 4.69) is 5.32 Å². The van der Waals surface area contributed by atoms with E-state index in [4.69, 9.17) is 27.9 Å². The second-order valence-electron chi connectivity index (χ2n) is 4.93. The van der Waals surface area contributed by atoms with Crippen molar-refractivity contribution in [1.29, 1.82) is 5.26 Å². The first-order chi connectivity index (χ1) is 12.3. The van der Waals surface area contributed by atoms with Gasteiger partial charge in [0, 0.05) is 10.0 Å². The van der Waals surface area contributed by atoms with Crippen LogP contribution in [0.3, 0.4) is 0 Å². The van der Waals surface area contributed by atoms with Gasteiger partial charge in [0.15, 0.2) is 0 Å². The number of nitro benzene ring substituents is 1. The van der Waals surface area contributed by atoms with Gasteiger partial charge in [-0.3, -0.25) is 14.9 Å². The van der Waals surface area contributed by atoms with E-state index in [1.54, 1.807) is 18.2 Å². The van der Waals surface area contributed by atoms with Crippen LogP contribution in [-0.2, 0) is 4.79 Å². The molecule has 0 unspecified atom stereocenters. The number of ether oxygens (including phenoxy) is 1. The number of nitrogens with one attached hydrogen (secondary N) is 1. The topological polar surface area (TPSA) is 105 Å². The second kappa shape index (κ2) is 8.34. The average molecular weight is 392 g/mol. The number of carbonyl (C=O) groups is 1. The van der Waals surface area contributed by atoms with Gasteiger partial charge in [-0.15, -0.1) is 0 Å². The van der Waals surface area contributed by atoms with E-state index >= 15 is 0 Å². The molecule has 2 aromatic carbocycles. The van der Waals surface area contributed by atoms with Crippen LogP contribution < -0.4 is 10.1 Å². The normalized spacial score (nSPS) is 10.8. The summed E-state index contributed by atoms with van der Waals surface area (Å²) in [7, 11) is 1.36. The molecule has 9 heteroatoms. The molecule has 0 saturated carbocycles. The maximum absolute atomic E-state index is 12.3. The number of amides is 1. The Kier molecular flexibility index (Phi) is 6.17. The highest BCUT2D eigenvalue weighted by Crippen LogP contribution is 2.29. The number of halogens is 2. The molecule has 0 saturated heterocycles. The Morgan fingerprint density at radius 3 is 2.62 bits per heavy atom. The number of nitriles is 1. The van der Waals surface area contributed by atoms with Crippen LogP contribution in [0.2, 0.25) is 10.0 Å². The van der Waals surface area contributed by atoms with Crippen LogP contribution in [0.5, 0.6) is 5.75 Å². The van der Waals surface area contributed by atoms with Crippen LogP contribution in [0.4, 0.5) is 11.4 Å². The highest BCUT2D eigenvalue weighted by Gasteiger charge is 2.19. The van der Waals surface area contributed by atoms with Gasteiger partial charge >= 0.3 is 0 Å². The number of hydrogen-bond donors (Lipinski definition) is 1. The summed E-state index contributed by atoms with van der Waals surface area (Å²) in [4.78, 5) is 22.8. The zero-order valence-corrected chi connectivity index (χ0v) is 14.8. The van der Waals surface area contributed by atoms with E-state index in [1.807, 2.05) is 0 Å². The third-order valence-electron chi connectivity index (χ3n) is 3.28. The van der Waals surface area contributed by atoms with E-state index < -0.39 is 10.8 Å². The predicted octanol–water partition coefficient (Wildman–Crippen LogP) is 4.46. The van der Waals surface area contributed by atoms with Gasteiger partial charge in [-0.1, -0.05) is 29.3 Å². The van der Waals surface area contributed by atoms with Gasteiger partial charge < -0.3 is 10.1 Å². The first-order valence-corrected chi connectivity index (χ1v) is 7.82. The van der Waals surface area contributed by atoms with Gasteiger partial charge in [0.25, 0.3) is 11.6 Å². The fourth-order valence-corrected chi connectivity index (χ4v) is 2.47. The van der Waals surface area contributed by atoms with Crippen LogP contribution in [-0.4, -0.2) is 17.9 Å². The largest absolute Gasteiger partial charge is 0.496 e. The lowest BCUT2D eigenvalue weighted by atomic mass is 10.1. The standard InChI is InChI=1S/C17H11Cl2N3O4/c1-26-13-4-5-15(16(8-13)22(24)25)21-17(23)11(9-20)6-10-2-3-12(18)7-14(10)19/h2-8H,1H3,(H,21,23)/b11-6+. The number of carbonyl (C=O) groups excluding carboxylic acids is 1. The summed E-state index contributed by atoms with van der Waals surface area (Å²) in [5.74, 6) is -0.550. The highest BCUT2D eigenvalue weighted by molar-refractivity contribution is 6.35. The van der Waals surface area contributed by atoms with E-state index in [0.717, 1.165) is 0 Å². The van der Waals surface area contributed by atoms with Crippen LogP contribution in [0, 0.1) is 21.4 Å². The maximum Gasteiger partial charge on any atom is 0.296 e. The van der Waals surface area contributed by atoms with Crippen LogP contribution in [0.25, 0.3) is 6.08 Å². The summed E-state index contributed by atoms with van der Waals surface area (Å²) in [6.45, 7) is 0. The summed E-state index contributed by atoms with van der Waals surface area (Å²) in [5.41, 5.74) is -0.296. The number of methoxy groups -OCH3 is 1. The lowest BCUT2D eigenvalue weighted by molar-refractivity contribution is -0.384. The summed E-state index contributed by atoms with van der Waals surface area (Å²) in [6.07, 6.45) is 1.27. The molecule has 0 heterocycles. The second-order valence-corrected chi connectivity index (χ2v) is 5.77. The van der Waals surface area contributed by atoms with Crippen molar-refractivity contribution in [3.63, 3.8) is 0 Å². The minimum atomic E-state index is -0.813. The number of hydrogen-bond acceptors (Lipinski definition) is 5. The Hall–Kier alpha value is -3.08. The average Bonchev–Trinajstić information content (AvgIpc) is 2.61. The molecule has 0 atom stereocenters. The Balaban J connectivity index is 2.34. The summed E-state index contributed by atoms with van der Waals surface area (Å²) in [6, 6.07) is 10.3. The van der Waals surface area contributed by atoms with Gasteiger partial charge in [0.1, 0.15) is 23.1 Å². The smallest absolute Gasteiger partial charge is 0.296 e. The quantitative estimate of drug-likeness (QED) is 0.350. The van der Waals surface area contributed by atoms with Gasteiger partial charge in [0.2, 0.25) is 0 Å². The Bertz CT molecular complexity index is 952. The Morgan fingerprint density at radius 2 is 2.04 bits per heavy atom. The molecule has 7 nitrogen and oxygen atoms in total. The molecule has 2 rings (SSSR count). The molecule has 0 fully saturated rings. The van der Waals surface area contributed by atoms with Gasteiger partial charge in [-0.25, -0.2) is 0 Å². The fraction of sp³-hybridized carbons (Fsp3) is 0.0588. The molecule has 0 aliphatic carbocycles. The SMILES string of the molecule is COc1ccc(NC(=O)/C(C#N)=C/c2ccc(Cl)cc2Cl)c([N+](=O)[O-])c1. The Labute approximate surface area is 158 Å². The minimum absolute atomic E-state index is 0.0656. The molecule has 1 N–H and O–H groups in total.